The summed E-state index contributed by atoms with van der Waals surface area (Å²) in [4.78, 5) is 26.9. The predicted molar refractivity (Wildman–Crippen MR) is 127 cm³/mol. The summed E-state index contributed by atoms with van der Waals surface area (Å²) in [6.07, 6.45) is 1.18. The number of ketones is 1. The summed E-state index contributed by atoms with van der Waals surface area (Å²) in [6.45, 7) is 8.67. The highest BCUT2D eigenvalue weighted by Gasteiger charge is 2.44. The number of carbonyl (C=O) groups excluding carboxylic acids is 2. The maximum Gasteiger partial charge on any atom is 0.337 e. The molecule has 2 aromatic carbocycles. The highest BCUT2D eigenvalue weighted by atomic mass is 16.5. The monoisotopic (exact) mass is 445 g/mol. The highest BCUT2D eigenvalue weighted by molar-refractivity contribution is 6.04. The molecule has 0 aromatic heterocycles. The first-order valence-corrected chi connectivity index (χ1v) is 11.5. The Bertz CT molecular complexity index is 1130. The third kappa shape index (κ3) is 4.72. The SMILES string of the molecule is CCOc1ccccc1C1C(C(=O)OCc2ccccc2)=C(C)NC2=C1C(=O)CC(C)(C)C2. The summed E-state index contributed by atoms with van der Waals surface area (Å²) in [5, 5.41) is 3.38. The Balaban J connectivity index is 1.78. The number of rotatable bonds is 6. The molecule has 1 unspecified atom stereocenters. The number of para-hydroxylation sites is 1. The summed E-state index contributed by atoms with van der Waals surface area (Å²) in [5.41, 5.74) is 4.31. The van der Waals surface area contributed by atoms with Gasteiger partial charge in [0.1, 0.15) is 12.4 Å². The molecule has 2 aromatic rings. The van der Waals surface area contributed by atoms with Gasteiger partial charge in [0, 0.05) is 29.0 Å². The summed E-state index contributed by atoms with van der Waals surface area (Å²) >= 11 is 0. The molecule has 33 heavy (non-hydrogen) atoms. The van der Waals surface area contributed by atoms with Crippen LogP contribution in [0.1, 0.15) is 57.6 Å². The van der Waals surface area contributed by atoms with E-state index in [1.165, 1.54) is 0 Å². The minimum Gasteiger partial charge on any atom is -0.494 e. The van der Waals surface area contributed by atoms with Crippen LogP contribution in [0.15, 0.2) is 77.1 Å². The van der Waals surface area contributed by atoms with E-state index in [1.807, 2.05) is 68.4 Å². The molecule has 0 saturated carbocycles. The number of dihydropyridines is 1. The maximum absolute atomic E-state index is 13.4. The zero-order chi connectivity index (χ0) is 23.6. The number of Topliss-reactive ketones (excluding diaryl/α,β-unsaturated/α-hetero) is 1. The normalized spacial score (nSPS) is 19.6. The second-order valence-corrected chi connectivity index (χ2v) is 9.46. The van der Waals surface area contributed by atoms with Crippen molar-refractivity contribution in [2.45, 2.75) is 53.1 Å². The van der Waals surface area contributed by atoms with E-state index in [0.717, 1.165) is 23.2 Å². The zero-order valence-corrected chi connectivity index (χ0v) is 19.7. The Morgan fingerprint density at radius 1 is 1.06 bits per heavy atom. The van der Waals surface area contributed by atoms with Crippen LogP contribution in [-0.4, -0.2) is 18.4 Å². The number of hydrogen-bond donors (Lipinski definition) is 1. The fourth-order valence-electron chi connectivity index (χ4n) is 4.82. The summed E-state index contributed by atoms with van der Waals surface area (Å²) in [5.74, 6) is -0.219. The number of benzene rings is 2. The van der Waals surface area contributed by atoms with Crippen molar-refractivity contribution < 1.29 is 19.1 Å². The van der Waals surface area contributed by atoms with E-state index in [4.69, 9.17) is 9.47 Å². The van der Waals surface area contributed by atoms with Crippen molar-refractivity contribution in [2.24, 2.45) is 5.41 Å². The van der Waals surface area contributed by atoms with Gasteiger partial charge in [0.05, 0.1) is 18.1 Å². The second-order valence-electron chi connectivity index (χ2n) is 9.46. The Labute approximate surface area is 195 Å². The molecule has 0 bridgehead atoms. The van der Waals surface area contributed by atoms with E-state index in [2.05, 4.69) is 19.2 Å². The van der Waals surface area contributed by atoms with E-state index < -0.39 is 11.9 Å². The fraction of sp³-hybridized carbons (Fsp3) is 0.357. The van der Waals surface area contributed by atoms with Gasteiger partial charge in [-0.05, 0) is 37.3 Å². The molecule has 4 rings (SSSR count). The molecule has 5 heteroatoms. The highest BCUT2D eigenvalue weighted by Crippen LogP contribution is 2.48. The maximum atomic E-state index is 13.4. The molecule has 5 nitrogen and oxygen atoms in total. The lowest BCUT2D eigenvalue weighted by Gasteiger charge is -2.39. The van der Waals surface area contributed by atoms with Crippen LogP contribution in [-0.2, 0) is 20.9 Å². The van der Waals surface area contributed by atoms with Crippen LogP contribution in [0.4, 0.5) is 0 Å². The predicted octanol–water partition coefficient (Wildman–Crippen LogP) is 5.43. The van der Waals surface area contributed by atoms with Crippen molar-refractivity contribution in [3.05, 3.63) is 88.3 Å². The van der Waals surface area contributed by atoms with Gasteiger partial charge in [-0.25, -0.2) is 4.79 Å². The van der Waals surface area contributed by atoms with Gasteiger partial charge >= 0.3 is 5.97 Å². The average molecular weight is 446 g/mol. The van der Waals surface area contributed by atoms with E-state index in [-0.39, 0.29) is 17.8 Å². The van der Waals surface area contributed by atoms with Crippen LogP contribution in [0.5, 0.6) is 5.75 Å². The van der Waals surface area contributed by atoms with Gasteiger partial charge in [0.15, 0.2) is 5.78 Å². The lowest BCUT2D eigenvalue weighted by Crippen LogP contribution is -2.38. The van der Waals surface area contributed by atoms with E-state index in [0.29, 0.717) is 35.6 Å². The Morgan fingerprint density at radius 3 is 2.48 bits per heavy atom. The molecular weight excluding hydrogens is 414 g/mol. The average Bonchev–Trinajstić information content (AvgIpc) is 2.77. The Hall–Kier alpha value is -3.34. The van der Waals surface area contributed by atoms with E-state index in [1.54, 1.807) is 0 Å². The largest absolute Gasteiger partial charge is 0.494 e. The number of esters is 1. The quantitative estimate of drug-likeness (QED) is 0.601. The van der Waals surface area contributed by atoms with Gasteiger partial charge in [-0.2, -0.15) is 0 Å². The van der Waals surface area contributed by atoms with Crippen molar-refractivity contribution in [2.75, 3.05) is 6.61 Å². The van der Waals surface area contributed by atoms with E-state index in [9.17, 15) is 9.59 Å². The third-order valence-electron chi connectivity index (χ3n) is 6.20. The van der Waals surface area contributed by atoms with Crippen molar-refractivity contribution in [1.29, 1.82) is 0 Å². The molecule has 1 heterocycles. The van der Waals surface area contributed by atoms with Crippen LogP contribution in [0.25, 0.3) is 0 Å². The first kappa shape index (κ1) is 22.8. The molecule has 2 aliphatic rings. The van der Waals surface area contributed by atoms with Gasteiger partial charge in [0.25, 0.3) is 0 Å². The standard InChI is InChI=1S/C28H31NO4/c1-5-32-23-14-10-9-13-20(23)25-24(27(31)33-17-19-11-7-6-8-12-19)18(2)29-21-15-28(3,4)16-22(30)26(21)25/h6-14,25,29H,5,15-17H2,1-4H3. The minimum atomic E-state index is -0.532. The first-order valence-electron chi connectivity index (χ1n) is 11.5. The molecule has 0 amide bonds. The molecule has 172 valence electrons. The van der Waals surface area contributed by atoms with Gasteiger partial charge in [-0.15, -0.1) is 0 Å². The molecule has 0 saturated heterocycles. The summed E-state index contributed by atoms with van der Waals surface area (Å²) in [7, 11) is 0. The van der Waals surface area contributed by atoms with Crippen molar-refractivity contribution in [3.8, 4) is 5.75 Å². The molecule has 1 N–H and O–H groups in total. The Morgan fingerprint density at radius 2 is 1.76 bits per heavy atom. The lowest BCUT2D eigenvalue weighted by molar-refractivity contribution is -0.140. The van der Waals surface area contributed by atoms with Gasteiger partial charge < -0.3 is 14.8 Å². The van der Waals surface area contributed by atoms with E-state index >= 15 is 0 Å². The third-order valence-corrected chi connectivity index (χ3v) is 6.20. The molecule has 1 aliphatic heterocycles. The van der Waals surface area contributed by atoms with Crippen LogP contribution in [0.2, 0.25) is 0 Å². The van der Waals surface area contributed by atoms with Crippen LogP contribution in [0, 0.1) is 5.41 Å². The van der Waals surface area contributed by atoms with Crippen LogP contribution >= 0.6 is 0 Å². The number of hydrogen-bond acceptors (Lipinski definition) is 5. The van der Waals surface area contributed by atoms with Crippen LogP contribution < -0.4 is 10.1 Å². The van der Waals surface area contributed by atoms with Crippen molar-refractivity contribution >= 4 is 11.8 Å². The molecule has 0 radical (unpaired) electrons. The molecule has 1 atom stereocenters. The van der Waals surface area contributed by atoms with Gasteiger partial charge in [-0.1, -0.05) is 62.4 Å². The fourth-order valence-corrected chi connectivity index (χ4v) is 4.82. The number of carbonyl (C=O) groups is 2. The van der Waals surface area contributed by atoms with Gasteiger partial charge in [0.2, 0.25) is 0 Å². The summed E-state index contributed by atoms with van der Waals surface area (Å²) in [6, 6.07) is 17.2. The lowest BCUT2D eigenvalue weighted by atomic mass is 9.68. The number of nitrogens with one attached hydrogen (secondary N) is 1. The first-order chi connectivity index (χ1) is 15.8. The summed E-state index contributed by atoms with van der Waals surface area (Å²) < 4.78 is 11.6. The number of ether oxygens (including phenoxy) is 2. The molecule has 1 aliphatic carbocycles. The molecule has 0 spiro atoms. The number of allylic oxidation sites excluding steroid dienone is 3. The smallest absolute Gasteiger partial charge is 0.337 e. The van der Waals surface area contributed by atoms with Crippen molar-refractivity contribution in [3.63, 3.8) is 0 Å². The topological polar surface area (TPSA) is 64.6 Å². The molecule has 0 fully saturated rings. The van der Waals surface area contributed by atoms with Gasteiger partial charge in [-0.3, -0.25) is 4.79 Å². The van der Waals surface area contributed by atoms with Crippen molar-refractivity contribution in [1.82, 2.24) is 5.32 Å². The molecular formula is C28H31NO4. The zero-order valence-electron chi connectivity index (χ0n) is 19.7. The van der Waals surface area contributed by atoms with Crippen LogP contribution in [0.3, 0.4) is 0 Å². The minimum absolute atomic E-state index is 0.0610. The second kappa shape index (κ2) is 9.26. The Kier molecular flexibility index (Phi) is 6.41.